The molecule has 1 atom stereocenters. The van der Waals surface area contributed by atoms with Crippen molar-refractivity contribution >= 4 is 17.2 Å². The lowest BCUT2D eigenvalue weighted by Gasteiger charge is -2.17. The van der Waals surface area contributed by atoms with E-state index in [2.05, 4.69) is 10.2 Å². The fraction of sp³-hybridized carbons (Fsp3) is 0.261. The zero-order valence-corrected chi connectivity index (χ0v) is 17.0. The van der Waals surface area contributed by atoms with E-state index in [1.165, 1.54) is 12.1 Å². The lowest BCUT2D eigenvalue weighted by Crippen LogP contribution is -2.36. The van der Waals surface area contributed by atoms with Crippen LogP contribution in [-0.2, 0) is 12.7 Å². The first-order valence-electron chi connectivity index (χ1n) is 9.72. The first-order valence-corrected chi connectivity index (χ1v) is 10.6. The third-order valence-electron chi connectivity index (χ3n) is 5.25. The van der Waals surface area contributed by atoms with Crippen LogP contribution in [0.15, 0.2) is 66.0 Å². The maximum atomic E-state index is 12.7. The van der Waals surface area contributed by atoms with E-state index in [9.17, 15) is 18.0 Å². The molecule has 30 heavy (non-hydrogen) atoms. The minimum absolute atomic E-state index is 0.0314. The van der Waals surface area contributed by atoms with Gasteiger partial charge in [-0.25, -0.2) is 0 Å². The predicted molar refractivity (Wildman–Crippen MR) is 112 cm³/mol. The van der Waals surface area contributed by atoms with Crippen molar-refractivity contribution < 1.29 is 18.0 Å². The summed E-state index contributed by atoms with van der Waals surface area (Å²) < 4.78 is 38.0. The predicted octanol–water partition coefficient (Wildman–Crippen LogP) is 5.44. The molecule has 0 unspecified atom stereocenters. The largest absolute Gasteiger partial charge is 0.416 e. The van der Waals surface area contributed by atoms with Gasteiger partial charge in [-0.3, -0.25) is 9.69 Å². The standard InChI is InChI=1S/C23H21F3N2OS/c24-23(25,26)19-9-3-16(4-10-19)14-28-12-11-20(15-28)27-22(29)18-7-5-17(6-8-18)21-2-1-13-30-21/h1-10,13,20H,11-12,14-15H2,(H,27,29)/t20-/m0/s1. The second kappa shape index (κ2) is 8.62. The Kier molecular flexibility index (Phi) is 5.92. The minimum Gasteiger partial charge on any atom is -0.348 e. The van der Waals surface area contributed by atoms with Gasteiger partial charge in [0.05, 0.1) is 5.56 Å². The molecule has 0 spiro atoms. The molecule has 3 aromatic rings. The van der Waals surface area contributed by atoms with Gasteiger partial charge in [-0.2, -0.15) is 13.2 Å². The second-order valence-electron chi connectivity index (χ2n) is 7.44. The van der Waals surface area contributed by atoms with E-state index < -0.39 is 11.7 Å². The number of likely N-dealkylation sites (tertiary alicyclic amines) is 1. The fourth-order valence-electron chi connectivity index (χ4n) is 3.65. The monoisotopic (exact) mass is 430 g/mol. The highest BCUT2D eigenvalue weighted by atomic mass is 32.1. The Morgan fingerprint density at radius 3 is 2.43 bits per heavy atom. The minimum atomic E-state index is -4.32. The molecule has 4 rings (SSSR count). The molecule has 0 radical (unpaired) electrons. The van der Waals surface area contributed by atoms with Crippen molar-refractivity contribution in [3.8, 4) is 10.4 Å². The number of rotatable bonds is 5. The van der Waals surface area contributed by atoms with Crippen molar-refractivity contribution in [2.45, 2.75) is 25.2 Å². The van der Waals surface area contributed by atoms with Gasteiger partial charge in [0.2, 0.25) is 0 Å². The molecule has 1 N–H and O–H groups in total. The van der Waals surface area contributed by atoms with Crippen LogP contribution in [-0.4, -0.2) is 29.9 Å². The number of carbonyl (C=O) groups excluding carboxylic acids is 1. The maximum Gasteiger partial charge on any atom is 0.416 e. The van der Waals surface area contributed by atoms with E-state index in [4.69, 9.17) is 0 Å². The number of thiophene rings is 1. The number of hydrogen-bond donors (Lipinski definition) is 1. The Morgan fingerprint density at radius 1 is 1.07 bits per heavy atom. The molecular weight excluding hydrogens is 409 g/mol. The van der Waals surface area contributed by atoms with Crippen molar-refractivity contribution in [2.24, 2.45) is 0 Å². The molecular formula is C23H21F3N2OS. The molecule has 2 aromatic carbocycles. The van der Waals surface area contributed by atoms with Crippen LogP contribution in [0, 0.1) is 0 Å². The van der Waals surface area contributed by atoms with Gasteiger partial charge >= 0.3 is 6.18 Å². The van der Waals surface area contributed by atoms with Crippen molar-refractivity contribution in [3.05, 3.63) is 82.7 Å². The maximum absolute atomic E-state index is 12.7. The summed E-state index contributed by atoms with van der Waals surface area (Å²) in [5.41, 5.74) is 1.91. The van der Waals surface area contributed by atoms with E-state index in [1.807, 2.05) is 41.8 Å². The first kappa shape index (κ1) is 20.6. The number of halogens is 3. The highest BCUT2D eigenvalue weighted by Crippen LogP contribution is 2.29. The summed E-state index contributed by atoms with van der Waals surface area (Å²) >= 11 is 1.66. The molecule has 3 nitrogen and oxygen atoms in total. The summed E-state index contributed by atoms with van der Waals surface area (Å²) in [5, 5.41) is 5.09. The number of benzene rings is 2. The van der Waals surface area contributed by atoms with Gasteiger partial charge in [-0.1, -0.05) is 30.3 Å². The summed E-state index contributed by atoms with van der Waals surface area (Å²) in [7, 11) is 0. The Balaban J connectivity index is 1.30. The Labute approximate surface area is 177 Å². The quantitative estimate of drug-likeness (QED) is 0.585. The molecule has 1 aromatic heterocycles. The van der Waals surface area contributed by atoms with Crippen LogP contribution in [0.5, 0.6) is 0 Å². The highest BCUT2D eigenvalue weighted by molar-refractivity contribution is 7.13. The molecule has 1 fully saturated rings. The number of amides is 1. The molecule has 1 amide bonds. The second-order valence-corrected chi connectivity index (χ2v) is 8.39. The van der Waals surface area contributed by atoms with E-state index in [0.29, 0.717) is 18.7 Å². The molecule has 2 heterocycles. The summed E-state index contributed by atoms with van der Waals surface area (Å²) in [6, 6.07) is 16.9. The molecule has 0 bridgehead atoms. The summed E-state index contributed by atoms with van der Waals surface area (Å²) in [6.45, 7) is 2.04. The van der Waals surface area contributed by atoms with Gasteiger partial charge in [-0.05, 0) is 53.3 Å². The molecule has 0 aliphatic carbocycles. The van der Waals surface area contributed by atoms with Gasteiger partial charge in [0.15, 0.2) is 0 Å². The average molecular weight is 430 g/mol. The lowest BCUT2D eigenvalue weighted by molar-refractivity contribution is -0.137. The highest BCUT2D eigenvalue weighted by Gasteiger charge is 2.30. The van der Waals surface area contributed by atoms with Gasteiger partial charge in [0.1, 0.15) is 0 Å². The normalized spacial score (nSPS) is 17.2. The molecule has 7 heteroatoms. The average Bonchev–Trinajstić information content (AvgIpc) is 3.40. The van der Waals surface area contributed by atoms with Gasteiger partial charge in [0, 0.05) is 36.1 Å². The summed E-state index contributed by atoms with van der Waals surface area (Å²) in [4.78, 5) is 15.9. The van der Waals surface area contributed by atoms with E-state index in [1.54, 1.807) is 11.3 Å². The van der Waals surface area contributed by atoms with E-state index in [-0.39, 0.29) is 11.9 Å². The van der Waals surface area contributed by atoms with Crippen molar-refractivity contribution in [3.63, 3.8) is 0 Å². The van der Waals surface area contributed by atoms with Crippen LogP contribution < -0.4 is 5.32 Å². The number of nitrogens with one attached hydrogen (secondary N) is 1. The summed E-state index contributed by atoms with van der Waals surface area (Å²) in [5.74, 6) is -0.103. The van der Waals surface area contributed by atoms with Crippen LogP contribution in [0.3, 0.4) is 0 Å². The first-order chi connectivity index (χ1) is 14.4. The SMILES string of the molecule is O=C(N[C@H]1CCN(Cc2ccc(C(F)(F)F)cc2)C1)c1ccc(-c2cccs2)cc1. The summed E-state index contributed by atoms with van der Waals surface area (Å²) in [6.07, 6.45) is -3.50. The molecule has 1 aliphatic rings. The van der Waals surface area contributed by atoms with Crippen LogP contribution >= 0.6 is 11.3 Å². The van der Waals surface area contributed by atoms with Crippen molar-refractivity contribution in [1.82, 2.24) is 10.2 Å². The van der Waals surface area contributed by atoms with E-state index in [0.717, 1.165) is 41.1 Å². The molecule has 156 valence electrons. The van der Waals surface area contributed by atoms with Gasteiger partial charge in [0.25, 0.3) is 5.91 Å². The Hall–Kier alpha value is -2.64. The molecule has 1 saturated heterocycles. The Morgan fingerprint density at radius 2 is 1.80 bits per heavy atom. The van der Waals surface area contributed by atoms with Crippen LogP contribution in [0.4, 0.5) is 13.2 Å². The van der Waals surface area contributed by atoms with Crippen LogP contribution in [0.25, 0.3) is 10.4 Å². The van der Waals surface area contributed by atoms with Gasteiger partial charge in [-0.15, -0.1) is 11.3 Å². The zero-order valence-electron chi connectivity index (χ0n) is 16.2. The Bertz CT molecular complexity index is 983. The third-order valence-corrected chi connectivity index (χ3v) is 6.17. The lowest BCUT2D eigenvalue weighted by atomic mass is 10.1. The topological polar surface area (TPSA) is 32.3 Å². The molecule has 0 saturated carbocycles. The van der Waals surface area contributed by atoms with E-state index >= 15 is 0 Å². The number of nitrogens with zero attached hydrogens (tertiary/aromatic N) is 1. The fourth-order valence-corrected chi connectivity index (χ4v) is 4.38. The van der Waals surface area contributed by atoms with Crippen molar-refractivity contribution in [2.75, 3.05) is 13.1 Å². The van der Waals surface area contributed by atoms with Gasteiger partial charge < -0.3 is 5.32 Å². The number of carbonyl (C=O) groups is 1. The van der Waals surface area contributed by atoms with Crippen LogP contribution in [0.2, 0.25) is 0 Å². The molecule has 1 aliphatic heterocycles. The van der Waals surface area contributed by atoms with Crippen LogP contribution in [0.1, 0.15) is 27.9 Å². The third kappa shape index (κ3) is 4.91. The number of hydrogen-bond acceptors (Lipinski definition) is 3. The van der Waals surface area contributed by atoms with Crippen molar-refractivity contribution in [1.29, 1.82) is 0 Å². The number of alkyl halides is 3. The zero-order chi connectivity index (χ0) is 21.1. The smallest absolute Gasteiger partial charge is 0.348 e.